The Balaban J connectivity index is 2.02. The molecule has 1 unspecified atom stereocenters. The van der Waals surface area contributed by atoms with Gasteiger partial charge in [-0.25, -0.2) is 0 Å². The number of carboxylic acid groups (broad SMARTS) is 1. The molecule has 80 valence electrons. The second kappa shape index (κ2) is 3.64. The van der Waals surface area contributed by atoms with Gasteiger partial charge in [-0.05, 0) is 11.6 Å². The number of likely N-dealkylation sites (tertiary alicyclic amines) is 1. The Morgan fingerprint density at radius 3 is 2.87 bits per heavy atom. The summed E-state index contributed by atoms with van der Waals surface area (Å²) >= 11 is 0. The Hall–Kier alpha value is -1.99. The lowest BCUT2D eigenvalue weighted by Crippen LogP contribution is -2.30. The zero-order valence-corrected chi connectivity index (χ0v) is 7.75. The van der Waals surface area contributed by atoms with Crippen LogP contribution in [0.15, 0.2) is 0 Å². The van der Waals surface area contributed by atoms with E-state index in [2.05, 4.69) is 20.6 Å². The Bertz CT molecular complexity index is 376. The summed E-state index contributed by atoms with van der Waals surface area (Å²) in [6, 6.07) is 0. The fraction of sp³-hybridized carbons (Fsp3) is 0.571. The van der Waals surface area contributed by atoms with Gasteiger partial charge in [0.15, 0.2) is 0 Å². The molecule has 1 aromatic rings. The van der Waals surface area contributed by atoms with Gasteiger partial charge in [0.25, 0.3) is 11.7 Å². The van der Waals surface area contributed by atoms with Gasteiger partial charge in [0, 0.05) is 13.1 Å². The number of hydrogen-bond acceptors (Lipinski definition) is 5. The van der Waals surface area contributed by atoms with Crippen LogP contribution in [0.2, 0.25) is 0 Å². The van der Waals surface area contributed by atoms with Crippen LogP contribution in [-0.4, -0.2) is 55.6 Å². The van der Waals surface area contributed by atoms with Crippen LogP contribution in [0.25, 0.3) is 0 Å². The van der Waals surface area contributed by atoms with Crippen LogP contribution >= 0.6 is 0 Å². The van der Waals surface area contributed by atoms with Crippen molar-refractivity contribution < 1.29 is 14.7 Å². The highest BCUT2D eigenvalue weighted by atomic mass is 16.4. The van der Waals surface area contributed by atoms with Crippen molar-refractivity contribution in [1.29, 1.82) is 0 Å². The van der Waals surface area contributed by atoms with Gasteiger partial charge in [-0.1, -0.05) is 0 Å². The molecule has 0 aliphatic carbocycles. The van der Waals surface area contributed by atoms with Crippen molar-refractivity contribution in [3.63, 3.8) is 0 Å². The minimum absolute atomic E-state index is 0.0268. The van der Waals surface area contributed by atoms with Crippen molar-refractivity contribution >= 4 is 11.9 Å². The van der Waals surface area contributed by atoms with Gasteiger partial charge < -0.3 is 10.0 Å². The molecule has 1 aromatic heterocycles. The molecule has 8 nitrogen and oxygen atoms in total. The first-order valence-corrected chi connectivity index (χ1v) is 4.44. The number of rotatable bonds is 2. The smallest absolute Gasteiger partial charge is 0.308 e. The summed E-state index contributed by atoms with van der Waals surface area (Å²) in [6.45, 7) is 0.632. The first-order valence-electron chi connectivity index (χ1n) is 4.44. The minimum Gasteiger partial charge on any atom is -0.481 e. The molecule has 15 heavy (non-hydrogen) atoms. The van der Waals surface area contributed by atoms with E-state index in [0.29, 0.717) is 13.0 Å². The van der Waals surface area contributed by atoms with Gasteiger partial charge in [-0.15, -0.1) is 10.2 Å². The maximum atomic E-state index is 11.6. The molecule has 0 radical (unpaired) electrons. The number of aromatic nitrogens is 4. The molecule has 2 N–H and O–H groups in total. The number of aromatic amines is 1. The van der Waals surface area contributed by atoms with Crippen molar-refractivity contribution in [2.45, 2.75) is 6.42 Å². The fourth-order valence-corrected chi connectivity index (χ4v) is 1.54. The van der Waals surface area contributed by atoms with Crippen molar-refractivity contribution in [2.24, 2.45) is 5.92 Å². The van der Waals surface area contributed by atoms with E-state index in [-0.39, 0.29) is 18.3 Å². The van der Waals surface area contributed by atoms with Crippen molar-refractivity contribution in [3.8, 4) is 0 Å². The molecule has 2 rings (SSSR count). The second-order valence-corrected chi connectivity index (χ2v) is 3.31. The Morgan fingerprint density at radius 2 is 2.33 bits per heavy atom. The molecule has 0 bridgehead atoms. The quantitative estimate of drug-likeness (QED) is 0.631. The van der Waals surface area contributed by atoms with E-state index in [1.165, 1.54) is 4.90 Å². The largest absolute Gasteiger partial charge is 0.481 e. The third-order valence-electron chi connectivity index (χ3n) is 2.36. The van der Waals surface area contributed by atoms with Crippen LogP contribution in [0.3, 0.4) is 0 Å². The lowest BCUT2D eigenvalue weighted by molar-refractivity contribution is -0.141. The van der Waals surface area contributed by atoms with Crippen LogP contribution in [0.1, 0.15) is 17.0 Å². The predicted molar refractivity (Wildman–Crippen MR) is 45.8 cm³/mol. The SMILES string of the molecule is O=C(O)C1CCN(C(=O)c2nn[nH]n2)C1. The van der Waals surface area contributed by atoms with E-state index < -0.39 is 11.9 Å². The highest BCUT2D eigenvalue weighted by Crippen LogP contribution is 2.17. The molecule has 1 saturated heterocycles. The van der Waals surface area contributed by atoms with Crippen molar-refractivity contribution in [1.82, 2.24) is 25.5 Å². The summed E-state index contributed by atoms with van der Waals surface area (Å²) in [5, 5.41) is 21.3. The normalized spacial score (nSPS) is 20.5. The molecule has 8 heteroatoms. The molecule has 0 saturated carbocycles. The lowest BCUT2D eigenvalue weighted by atomic mass is 10.1. The van der Waals surface area contributed by atoms with Crippen LogP contribution in [0.5, 0.6) is 0 Å². The Morgan fingerprint density at radius 1 is 1.53 bits per heavy atom. The monoisotopic (exact) mass is 211 g/mol. The average molecular weight is 211 g/mol. The topological polar surface area (TPSA) is 112 Å². The summed E-state index contributed by atoms with van der Waals surface area (Å²) in [5.74, 6) is -1.77. The van der Waals surface area contributed by atoms with E-state index in [9.17, 15) is 9.59 Å². The molecular formula is C7H9N5O3. The van der Waals surface area contributed by atoms with Gasteiger partial charge in [-0.3, -0.25) is 9.59 Å². The molecule has 1 aliphatic rings. The number of carbonyl (C=O) groups is 2. The van der Waals surface area contributed by atoms with Crippen LogP contribution in [-0.2, 0) is 4.79 Å². The predicted octanol–water partition coefficient (Wildman–Crippen LogP) is -1.25. The molecule has 0 spiro atoms. The second-order valence-electron chi connectivity index (χ2n) is 3.31. The van der Waals surface area contributed by atoms with Crippen LogP contribution in [0.4, 0.5) is 0 Å². The molecule has 0 aromatic carbocycles. The van der Waals surface area contributed by atoms with E-state index in [4.69, 9.17) is 5.11 Å². The van der Waals surface area contributed by atoms with Gasteiger partial charge in [-0.2, -0.15) is 5.21 Å². The number of amides is 1. The standard InChI is InChI=1S/C7H9N5O3/c13-6(5-8-10-11-9-5)12-2-1-4(3-12)7(14)15/h4H,1-3H2,(H,14,15)(H,8,9,10,11). The number of H-pyrrole nitrogens is 1. The number of carboxylic acids is 1. The fourth-order valence-electron chi connectivity index (χ4n) is 1.54. The molecular weight excluding hydrogens is 202 g/mol. The number of tetrazole rings is 1. The first-order chi connectivity index (χ1) is 7.18. The average Bonchev–Trinajstić information content (AvgIpc) is 2.88. The van der Waals surface area contributed by atoms with E-state index >= 15 is 0 Å². The highest BCUT2D eigenvalue weighted by molar-refractivity contribution is 5.90. The summed E-state index contributed by atoms with van der Waals surface area (Å²) in [4.78, 5) is 23.7. The maximum absolute atomic E-state index is 11.6. The Kier molecular flexibility index (Phi) is 2.32. The summed E-state index contributed by atoms with van der Waals surface area (Å²) in [5.41, 5.74) is 0. The number of aliphatic carboxylic acids is 1. The van der Waals surface area contributed by atoms with E-state index in [1.54, 1.807) is 0 Å². The summed E-state index contributed by atoms with van der Waals surface area (Å²) in [6.07, 6.45) is 0.471. The Labute approximate surface area is 84.3 Å². The number of nitrogens with zero attached hydrogens (tertiary/aromatic N) is 4. The van der Waals surface area contributed by atoms with Crippen molar-refractivity contribution in [2.75, 3.05) is 13.1 Å². The van der Waals surface area contributed by atoms with Gasteiger partial charge >= 0.3 is 5.97 Å². The van der Waals surface area contributed by atoms with Gasteiger partial charge in [0.05, 0.1) is 5.92 Å². The third-order valence-corrected chi connectivity index (χ3v) is 2.36. The number of hydrogen-bond donors (Lipinski definition) is 2. The number of carbonyl (C=O) groups excluding carboxylic acids is 1. The van der Waals surface area contributed by atoms with E-state index in [0.717, 1.165) is 0 Å². The first kappa shape index (κ1) is 9.56. The third kappa shape index (κ3) is 1.78. The van der Waals surface area contributed by atoms with Crippen LogP contribution in [0, 0.1) is 5.92 Å². The highest BCUT2D eigenvalue weighted by Gasteiger charge is 2.32. The lowest BCUT2D eigenvalue weighted by Gasteiger charge is -2.12. The minimum atomic E-state index is -0.876. The van der Waals surface area contributed by atoms with E-state index in [1.807, 2.05) is 0 Å². The summed E-state index contributed by atoms with van der Waals surface area (Å²) < 4.78 is 0. The molecule has 1 amide bonds. The zero-order valence-electron chi connectivity index (χ0n) is 7.75. The molecule has 1 aliphatic heterocycles. The molecule has 2 heterocycles. The van der Waals surface area contributed by atoms with Crippen molar-refractivity contribution in [3.05, 3.63) is 5.82 Å². The van der Waals surface area contributed by atoms with Crippen LogP contribution < -0.4 is 0 Å². The molecule has 1 fully saturated rings. The number of nitrogens with one attached hydrogen (secondary N) is 1. The van der Waals surface area contributed by atoms with Gasteiger partial charge in [0.1, 0.15) is 0 Å². The molecule has 1 atom stereocenters. The maximum Gasteiger partial charge on any atom is 0.308 e. The zero-order chi connectivity index (χ0) is 10.8. The van der Waals surface area contributed by atoms with Gasteiger partial charge in [0.2, 0.25) is 0 Å². The summed E-state index contributed by atoms with van der Waals surface area (Å²) in [7, 11) is 0.